The van der Waals surface area contributed by atoms with Gasteiger partial charge in [0.15, 0.2) is 5.82 Å². The van der Waals surface area contributed by atoms with Crippen molar-refractivity contribution in [1.82, 2.24) is 14.9 Å². The Hall–Kier alpha value is -3.20. The summed E-state index contributed by atoms with van der Waals surface area (Å²) in [5.74, 6) is 1.50. The monoisotopic (exact) mass is 508 g/mol. The van der Waals surface area contributed by atoms with Crippen LogP contribution in [0.25, 0.3) is 21.6 Å². The molecule has 0 saturated carbocycles. The Kier molecular flexibility index (Phi) is 8.17. The van der Waals surface area contributed by atoms with Crippen molar-refractivity contribution in [3.8, 4) is 11.4 Å². The molecule has 9 heteroatoms. The molecule has 0 atom stereocenters. The number of rotatable bonds is 9. The second kappa shape index (κ2) is 11.5. The van der Waals surface area contributed by atoms with E-state index in [1.165, 1.54) is 0 Å². The van der Waals surface area contributed by atoms with Crippen LogP contribution in [0.2, 0.25) is 5.02 Å². The molecule has 0 aliphatic rings. The van der Waals surface area contributed by atoms with Gasteiger partial charge in [0, 0.05) is 35.1 Å². The molecule has 7 nitrogen and oxygen atoms in total. The Labute approximate surface area is 214 Å². The fraction of sp³-hybridized carbons (Fsp3) is 0.269. The zero-order valence-electron chi connectivity index (χ0n) is 20.1. The van der Waals surface area contributed by atoms with Crippen LogP contribution in [0.1, 0.15) is 19.4 Å². The lowest BCUT2D eigenvalue weighted by Gasteiger charge is -2.18. The minimum atomic E-state index is -0.334. The van der Waals surface area contributed by atoms with E-state index < -0.39 is 0 Å². The van der Waals surface area contributed by atoms with Gasteiger partial charge in [0.2, 0.25) is 0 Å². The average Bonchev–Trinajstić information content (AvgIpc) is 3.34. The van der Waals surface area contributed by atoms with Crippen LogP contribution in [0, 0.1) is 6.92 Å². The van der Waals surface area contributed by atoms with Crippen molar-refractivity contribution in [2.45, 2.75) is 20.8 Å². The van der Waals surface area contributed by atoms with Crippen LogP contribution in [0.5, 0.6) is 0 Å². The molecule has 2 aromatic carbocycles. The minimum Gasteiger partial charge on any atom is -0.367 e. The number of halogens is 1. The third-order valence-electron chi connectivity index (χ3n) is 5.84. The average molecular weight is 509 g/mol. The maximum Gasteiger partial charge on any atom is 0.323 e. The Bertz CT molecular complexity index is 1300. The first-order valence-electron chi connectivity index (χ1n) is 11.6. The highest BCUT2D eigenvalue weighted by molar-refractivity contribution is 7.17. The van der Waals surface area contributed by atoms with Gasteiger partial charge in [0.05, 0.1) is 10.2 Å². The van der Waals surface area contributed by atoms with Gasteiger partial charge in [-0.25, -0.2) is 14.8 Å². The number of nitrogens with one attached hydrogen (secondary N) is 3. The predicted molar refractivity (Wildman–Crippen MR) is 148 cm³/mol. The van der Waals surface area contributed by atoms with E-state index in [0.717, 1.165) is 53.3 Å². The van der Waals surface area contributed by atoms with Gasteiger partial charge < -0.3 is 20.9 Å². The molecule has 0 aliphatic carbocycles. The van der Waals surface area contributed by atoms with Crippen LogP contribution in [0.4, 0.5) is 22.0 Å². The molecule has 4 aromatic rings. The number of carbonyl (C=O) groups is 1. The molecule has 3 N–H and O–H groups in total. The summed E-state index contributed by atoms with van der Waals surface area (Å²) in [6.07, 6.45) is 0. The molecule has 182 valence electrons. The minimum absolute atomic E-state index is 0.334. The molecule has 0 unspecified atom stereocenters. The van der Waals surface area contributed by atoms with Gasteiger partial charge in [-0.1, -0.05) is 31.5 Å². The molecule has 2 amide bonds. The number of urea groups is 1. The van der Waals surface area contributed by atoms with Crippen LogP contribution < -0.4 is 16.0 Å². The van der Waals surface area contributed by atoms with E-state index in [-0.39, 0.29) is 6.03 Å². The van der Waals surface area contributed by atoms with E-state index >= 15 is 0 Å². The zero-order valence-corrected chi connectivity index (χ0v) is 21.6. The molecule has 0 fully saturated rings. The van der Waals surface area contributed by atoms with Crippen LogP contribution in [-0.2, 0) is 0 Å². The van der Waals surface area contributed by atoms with Crippen LogP contribution in [0.15, 0.2) is 53.9 Å². The Morgan fingerprint density at radius 3 is 2.54 bits per heavy atom. The van der Waals surface area contributed by atoms with E-state index in [2.05, 4.69) is 34.7 Å². The third kappa shape index (κ3) is 6.08. The van der Waals surface area contributed by atoms with Gasteiger partial charge in [0.25, 0.3) is 0 Å². The van der Waals surface area contributed by atoms with E-state index in [0.29, 0.717) is 22.2 Å². The second-order valence-electron chi connectivity index (χ2n) is 8.05. The van der Waals surface area contributed by atoms with E-state index in [1.807, 2.05) is 48.7 Å². The van der Waals surface area contributed by atoms with Crippen LogP contribution in [0.3, 0.4) is 0 Å². The molecule has 0 bridgehead atoms. The van der Waals surface area contributed by atoms with Gasteiger partial charge in [-0.05, 0) is 73.4 Å². The molecular weight excluding hydrogens is 480 g/mol. The van der Waals surface area contributed by atoms with E-state index in [4.69, 9.17) is 21.6 Å². The molecule has 0 aliphatic heterocycles. The largest absolute Gasteiger partial charge is 0.367 e. The molecule has 4 rings (SSSR count). The lowest BCUT2D eigenvalue weighted by molar-refractivity contribution is 0.262. The summed E-state index contributed by atoms with van der Waals surface area (Å²) in [5, 5.41) is 11.8. The SMILES string of the molecule is CCN(CC)CCNc1nc(-c2ccc(NC(=O)Nc3cccc(Cl)c3C)cc2)nc2ccsc12. The summed E-state index contributed by atoms with van der Waals surface area (Å²) in [4.78, 5) is 24.4. The summed E-state index contributed by atoms with van der Waals surface area (Å²) in [5.41, 5.74) is 3.96. The highest BCUT2D eigenvalue weighted by atomic mass is 35.5. The number of hydrogen-bond donors (Lipinski definition) is 3. The smallest absolute Gasteiger partial charge is 0.323 e. The summed E-state index contributed by atoms with van der Waals surface area (Å²) in [6.45, 7) is 10.0. The van der Waals surface area contributed by atoms with Crippen molar-refractivity contribution in [1.29, 1.82) is 0 Å². The summed E-state index contributed by atoms with van der Waals surface area (Å²) < 4.78 is 1.06. The maximum atomic E-state index is 12.5. The number of anilines is 3. The maximum absolute atomic E-state index is 12.5. The first-order valence-corrected chi connectivity index (χ1v) is 12.9. The van der Waals surface area contributed by atoms with Gasteiger partial charge in [0.1, 0.15) is 5.82 Å². The van der Waals surface area contributed by atoms with E-state index in [9.17, 15) is 4.79 Å². The number of amides is 2. The van der Waals surface area contributed by atoms with Crippen molar-refractivity contribution < 1.29 is 4.79 Å². The Morgan fingerprint density at radius 1 is 1.03 bits per heavy atom. The molecule has 35 heavy (non-hydrogen) atoms. The molecule has 0 spiro atoms. The van der Waals surface area contributed by atoms with Crippen molar-refractivity contribution in [3.63, 3.8) is 0 Å². The number of hydrogen-bond acceptors (Lipinski definition) is 6. The Balaban J connectivity index is 1.46. The Morgan fingerprint density at radius 2 is 1.80 bits per heavy atom. The van der Waals surface area contributed by atoms with Gasteiger partial charge in [-0.15, -0.1) is 11.3 Å². The number of thiophene rings is 1. The highest BCUT2D eigenvalue weighted by Crippen LogP contribution is 2.29. The third-order valence-corrected chi connectivity index (χ3v) is 7.16. The first-order chi connectivity index (χ1) is 17.0. The summed E-state index contributed by atoms with van der Waals surface area (Å²) >= 11 is 7.77. The summed E-state index contributed by atoms with van der Waals surface area (Å²) in [6, 6.07) is 14.6. The quantitative estimate of drug-likeness (QED) is 0.234. The molecular formula is C26H29ClN6OS. The topological polar surface area (TPSA) is 82.2 Å². The number of fused-ring (bicyclic) bond motifs is 1. The number of carbonyl (C=O) groups excluding carboxylic acids is 1. The molecule has 0 radical (unpaired) electrons. The normalized spacial score (nSPS) is 11.1. The lowest BCUT2D eigenvalue weighted by atomic mass is 10.2. The molecule has 2 aromatic heterocycles. The molecule has 2 heterocycles. The highest BCUT2D eigenvalue weighted by Gasteiger charge is 2.12. The van der Waals surface area contributed by atoms with Gasteiger partial charge >= 0.3 is 6.03 Å². The number of likely N-dealkylation sites (N-methyl/N-ethyl adjacent to an activating group) is 1. The number of nitrogens with zero attached hydrogens (tertiary/aromatic N) is 3. The first kappa shape index (κ1) is 24.9. The predicted octanol–water partition coefficient (Wildman–Crippen LogP) is 6.72. The van der Waals surface area contributed by atoms with Crippen LogP contribution in [-0.4, -0.2) is 47.1 Å². The van der Waals surface area contributed by atoms with Crippen molar-refractivity contribution in [2.75, 3.05) is 42.1 Å². The number of aromatic nitrogens is 2. The lowest BCUT2D eigenvalue weighted by Crippen LogP contribution is -2.28. The van der Waals surface area contributed by atoms with Crippen molar-refractivity contribution >= 4 is 56.4 Å². The fourth-order valence-electron chi connectivity index (χ4n) is 3.71. The van der Waals surface area contributed by atoms with Gasteiger partial charge in [-0.3, -0.25) is 0 Å². The van der Waals surface area contributed by atoms with Crippen molar-refractivity contribution in [2.24, 2.45) is 0 Å². The fourth-order valence-corrected chi connectivity index (χ4v) is 4.69. The van der Waals surface area contributed by atoms with Gasteiger partial charge in [-0.2, -0.15) is 0 Å². The summed E-state index contributed by atoms with van der Waals surface area (Å²) in [7, 11) is 0. The standard InChI is InChI=1S/C26H29ClN6OS/c1-4-33(5-2)15-14-28-25-23-22(13-16-35-23)30-24(32-25)18-9-11-19(12-10-18)29-26(34)31-21-8-6-7-20(27)17(21)3/h6-13,16H,4-5,14-15H2,1-3H3,(H,28,30,32)(H2,29,31,34). The second-order valence-corrected chi connectivity index (χ2v) is 9.38. The molecule has 0 saturated heterocycles. The van der Waals surface area contributed by atoms with Crippen molar-refractivity contribution in [3.05, 3.63) is 64.5 Å². The van der Waals surface area contributed by atoms with E-state index in [1.54, 1.807) is 23.5 Å². The zero-order chi connectivity index (χ0) is 24.8. The van der Waals surface area contributed by atoms with Crippen LogP contribution >= 0.6 is 22.9 Å². The number of benzene rings is 2.